The van der Waals surface area contributed by atoms with Crippen molar-refractivity contribution in [1.82, 2.24) is 0 Å². The van der Waals surface area contributed by atoms with Crippen LogP contribution in [0.15, 0.2) is 115 Å². The maximum Gasteiger partial charge on any atom is 0.152 e. The molecule has 0 fully saturated rings. The van der Waals surface area contributed by atoms with Gasteiger partial charge in [0.25, 0.3) is 0 Å². The molecule has 2 heteroatoms. The zero-order valence-electron chi connectivity index (χ0n) is 16.9. The molecular formula is C28H24O2. The van der Waals surface area contributed by atoms with Crippen LogP contribution in [0.2, 0.25) is 0 Å². The van der Waals surface area contributed by atoms with E-state index in [4.69, 9.17) is 4.74 Å². The Morgan fingerprint density at radius 2 is 1.13 bits per heavy atom. The molecule has 0 spiro atoms. The number of methoxy groups -OCH3 is 1. The molecule has 0 aliphatic heterocycles. The third-order valence-electron chi connectivity index (χ3n) is 6.44. The standard InChI is InChI=1S/C28H24O2/c1-30-28(23-17-9-4-10-18-23)25-20-12-11-19-24(25)26(21-13-5-2-6-14-21)27(28,29)22-15-7-3-8-16-22/h2-20,26,29H,1H3. The van der Waals surface area contributed by atoms with Crippen molar-refractivity contribution in [3.63, 3.8) is 0 Å². The van der Waals surface area contributed by atoms with Crippen LogP contribution in [0.4, 0.5) is 0 Å². The fourth-order valence-corrected chi connectivity index (χ4v) is 5.26. The molecule has 0 radical (unpaired) electrons. The summed E-state index contributed by atoms with van der Waals surface area (Å²) in [5, 5.41) is 12.8. The maximum absolute atomic E-state index is 12.8. The Labute approximate surface area is 177 Å². The Bertz CT molecular complexity index is 1140. The molecule has 30 heavy (non-hydrogen) atoms. The molecule has 1 N–H and O–H groups in total. The lowest BCUT2D eigenvalue weighted by Gasteiger charge is -2.45. The molecule has 0 heterocycles. The molecule has 2 nitrogen and oxygen atoms in total. The van der Waals surface area contributed by atoms with Gasteiger partial charge in [-0.3, -0.25) is 0 Å². The number of aliphatic hydroxyl groups is 1. The van der Waals surface area contributed by atoms with Gasteiger partial charge in [0, 0.05) is 13.0 Å². The van der Waals surface area contributed by atoms with Crippen LogP contribution in [0.3, 0.4) is 0 Å². The van der Waals surface area contributed by atoms with E-state index >= 15 is 0 Å². The summed E-state index contributed by atoms with van der Waals surface area (Å²) in [5.41, 5.74) is 2.53. The fourth-order valence-electron chi connectivity index (χ4n) is 5.26. The highest BCUT2D eigenvalue weighted by Gasteiger charge is 2.65. The average Bonchev–Trinajstić information content (AvgIpc) is 3.06. The SMILES string of the molecule is COC1(c2ccccc2)c2ccccc2C(c2ccccc2)C1(O)c1ccccc1. The van der Waals surface area contributed by atoms with E-state index < -0.39 is 11.2 Å². The first-order chi connectivity index (χ1) is 14.7. The Morgan fingerprint density at radius 3 is 1.73 bits per heavy atom. The lowest BCUT2D eigenvalue weighted by atomic mass is 9.68. The first-order valence-corrected chi connectivity index (χ1v) is 10.3. The van der Waals surface area contributed by atoms with E-state index in [1.807, 2.05) is 91.0 Å². The van der Waals surface area contributed by atoms with E-state index in [-0.39, 0.29) is 5.92 Å². The zero-order chi connectivity index (χ0) is 20.6. The molecule has 5 rings (SSSR count). The van der Waals surface area contributed by atoms with Crippen LogP contribution in [0.25, 0.3) is 0 Å². The topological polar surface area (TPSA) is 29.5 Å². The number of ether oxygens (including phenoxy) is 1. The van der Waals surface area contributed by atoms with Crippen molar-refractivity contribution >= 4 is 0 Å². The van der Waals surface area contributed by atoms with Gasteiger partial charge in [0.2, 0.25) is 0 Å². The van der Waals surface area contributed by atoms with Gasteiger partial charge in [-0.05, 0) is 27.8 Å². The molecule has 4 aromatic carbocycles. The van der Waals surface area contributed by atoms with E-state index in [1.54, 1.807) is 7.11 Å². The number of hydrogen-bond acceptors (Lipinski definition) is 2. The van der Waals surface area contributed by atoms with Crippen LogP contribution in [0, 0.1) is 0 Å². The van der Waals surface area contributed by atoms with Gasteiger partial charge in [-0.1, -0.05) is 115 Å². The summed E-state index contributed by atoms with van der Waals surface area (Å²) in [6, 6.07) is 38.5. The van der Waals surface area contributed by atoms with Crippen molar-refractivity contribution in [1.29, 1.82) is 0 Å². The molecule has 3 unspecified atom stereocenters. The molecule has 0 bridgehead atoms. The Hall–Kier alpha value is -3.20. The third-order valence-corrected chi connectivity index (χ3v) is 6.44. The van der Waals surface area contributed by atoms with Gasteiger partial charge < -0.3 is 9.84 Å². The Kier molecular flexibility index (Phi) is 4.54. The second-order valence-corrected chi connectivity index (χ2v) is 7.81. The molecule has 148 valence electrons. The summed E-state index contributed by atoms with van der Waals surface area (Å²) in [6.45, 7) is 0. The van der Waals surface area contributed by atoms with Gasteiger partial charge in [-0.15, -0.1) is 0 Å². The largest absolute Gasteiger partial charge is 0.380 e. The number of fused-ring (bicyclic) bond motifs is 1. The summed E-state index contributed by atoms with van der Waals surface area (Å²) >= 11 is 0. The molecule has 4 aromatic rings. The second kappa shape index (κ2) is 7.24. The Morgan fingerprint density at radius 1 is 0.633 bits per heavy atom. The third kappa shape index (κ3) is 2.44. The predicted molar refractivity (Wildman–Crippen MR) is 119 cm³/mol. The zero-order valence-corrected chi connectivity index (χ0v) is 16.9. The van der Waals surface area contributed by atoms with E-state index in [9.17, 15) is 5.11 Å². The van der Waals surface area contributed by atoms with E-state index in [0.29, 0.717) is 0 Å². The second-order valence-electron chi connectivity index (χ2n) is 7.81. The summed E-state index contributed by atoms with van der Waals surface area (Å²) in [4.78, 5) is 0. The van der Waals surface area contributed by atoms with Crippen molar-refractivity contribution in [3.05, 3.63) is 143 Å². The fraction of sp³-hybridized carbons (Fsp3) is 0.143. The van der Waals surface area contributed by atoms with Crippen LogP contribution >= 0.6 is 0 Å². The van der Waals surface area contributed by atoms with Crippen LogP contribution in [0.5, 0.6) is 0 Å². The molecule has 0 saturated heterocycles. The molecule has 0 aromatic heterocycles. The molecule has 1 aliphatic rings. The normalized spacial score (nSPS) is 25.1. The number of benzene rings is 4. The maximum atomic E-state index is 12.8. The van der Waals surface area contributed by atoms with Crippen molar-refractivity contribution in [2.24, 2.45) is 0 Å². The van der Waals surface area contributed by atoms with Crippen LogP contribution < -0.4 is 0 Å². The lowest BCUT2D eigenvalue weighted by Crippen LogP contribution is -2.50. The van der Waals surface area contributed by atoms with Crippen molar-refractivity contribution < 1.29 is 9.84 Å². The van der Waals surface area contributed by atoms with Gasteiger partial charge in [-0.2, -0.15) is 0 Å². The first-order valence-electron chi connectivity index (χ1n) is 10.3. The van der Waals surface area contributed by atoms with E-state index in [0.717, 1.165) is 27.8 Å². The van der Waals surface area contributed by atoms with Crippen LogP contribution in [0.1, 0.15) is 33.7 Å². The molecule has 0 saturated carbocycles. The highest BCUT2D eigenvalue weighted by atomic mass is 16.5. The monoisotopic (exact) mass is 392 g/mol. The highest BCUT2D eigenvalue weighted by molar-refractivity contribution is 5.59. The Balaban J connectivity index is 1.92. The smallest absolute Gasteiger partial charge is 0.152 e. The summed E-state index contributed by atoms with van der Waals surface area (Å²) < 4.78 is 6.38. The number of hydrogen-bond donors (Lipinski definition) is 1. The van der Waals surface area contributed by atoms with Gasteiger partial charge >= 0.3 is 0 Å². The minimum Gasteiger partial charge on any atom is -0.380 e. The quantitative estimate of drug-likeness (QED) is 0.489. The van der Waals surface area contributed by atoms with Gasteiger partial charge in [0.05, 0.1) is 0 Å². The molecular weight excluding hydrogens is 368 g/mol. The average molecular weight is 392 g/mol. The summed E-state index contributed by atoms with van der Waals surface area (Å²) in [7, 11) is 1.70. The molecule has 3 atom stereocenters. The van der Waals surface area contributed by atoms with Gasteiger partial charge in [-0.25, -0.2) is 0 Å². The minimum atomic E-state index is -1.34. The van der Waals surface area contributed by atoms with E-state index in [2.05, 4.69) is 24.3 Å². The summed E-state index contributed by atoms with van der Waals surface area (Å²) in [6.07, 6.45) is 0. The van der Waals surface area contributed by atoms with Crippen molar-refractivity contribution in [2.75, 3.05) is 7.11 Å². The molecule has 0 amide bonds. The number of rotatable bonds is 4. The van der Waals surface area contributed by atoms with Crippen LogP contribution in [-0.2, 0) is 15.9 Å². The minimum absolute atomic E-state index is 0.280. The first kappa shape index (κ1) is 18.8. The van der Waals surface area contributed by atoms with Gasteiger partial charge in [0.1, 0.15) is 5.60 Å². The van der Waals surface area contributed by atoms with Crippen molar-refractivity contribution in [3.8, 4) is 0 Å². The lowest BCUT2D eigenvalue weighted by molar-refractivity contribution is -0.154. The predicted octanol–water partition coefficient (Wildman–Crippen LogP) is 5.61. The summed E-state index contributed by atoms with van der Waals surface area (Å²) in [5.74, 6) is -0.280. The van der Waals surface area contributed by atoms with Gasteiger partial charge in [0.15, 0.2) is 5.60 Å². The highest BCUT2D eigenvalue weighted by Crippen LogP contribution is 2.63. The van der Waals surface area contributed by atoms with E-state index in [1.165, 1.54) is 0 Å². The molecule has 1 aliphatic carbocycles. The van der Waals surface area contributed by atoms with Crippen LogP contribution in [-0.4, -0.2) is 12.2 Å². The van der Waals surface area contributed by atoms with Crippen molar-refractivity contribution in [2.45, 2.75) is 17.1 Å².